The van der Waals surface area contributed by atoms with Crippen molar-refractivity contribution in [3.63, 3.8) is 0 Å². The Hall–Kier alpha value is -1.55. The molecule has 2 nitrogen and oxygen atoms in total. The van der Waals surface area contributed by atoms with Crippen molar-refractivity contribution in [3.8, 4) is 0 Å². The van der Waals surface area contributed by atoms with Crippen LogP contribution in [0.3, 0.4) is 0 Å². The molecule has 0 aliphatic heterocycles. The van der Waals surface area contributed by atoms with Crippen molar-refractivity contribution in [1.29, 1.82) is 0 Å². The maximum atomic E-state index is 6.19. The van der Waals surface area contributed by atoms with Crippen molar-refractivity contribution in [3.05, 3.63) is 88.4 Å². The van der Waals surface area contributed by atoms with Gasteiger partial charge < -0.3 is 4.57 Å². The largest absolute Gasteiger partial charge is 0.341 e. The molecular formula is C18H16Cl2N2Si. The number of aromatic nitrogens is 2. The highest BCUT2D eigenvalue weighted by Gasteiger charge is 2.15. The predicted molar refractivity (Wildman–Crippen MR) is 97.5 cm³/mol. The number of rotatable bonds is 6. The zero-order valence-corrected chi connectivity index (χ0v) is 15.0. The molecule has 0 saturated carbocycles. The first kappa shape index (κ1) is 16.3. The third-order valence-corrected chi connectivity index (χ3v) is 5.46. The standard InChI is InChI=1S/C18H16Cl2N2Si/c19-16-5-1-3-14(9-16)18(15-4-2-6-17(20)10-15)11-23-13-22-8-7-21-12-22/h1-10,12,18H,11,13H2. The lowest BCUT2D eigenvalue weighted by Gasteiger charge is -2.18. The molecule has 0 bridgehead atoms. The minimum absolute atomic E-state index is 0.300. The van der Waals surface area contributed by atoms with E-state index in [2.05, 4.69) is 33.8 Å². The Balaban J connectivity index is 1.81. The summed E-state index contributed by atoms with van der Waals surface area (Å²) in [6.07, 6.45) is 6.66. The summed E-state index contributed by atoms with van der Waals surface area (Å²) in [6.45, 7) is 0. The first-order valence-corrected chi connectivity index (χ1v) is 9.57. The van der Waals surface area contributed by atoms with Crippen LogP contribution >= 0.6 is 23.2 Å². The van der Waals surface area contributed by atoms with Crippen LogP contribution in [-0.2, 0) is 6.17 Å². The van der Waals surface area contributed by atoms with E-state index in [9.17, 15) is 0 Å². The van der Waals surface area contributed by atoms with Gasteiger partial charge >= 0.3 is 0 Å². The summed E-state index contributed by atoms with van der Waals surface area (Å²) in [4.78, 5) is 4.09. The third-order valence-electron chi connectivity index (χ3n) is 3.70. The number of nitrogens with zero attached hydrogens (tertiary/aromatic N) is 2. The number of hydrogen-bond acceptors (Lipinski definition) is 1. The van der Waals surface area contributed by atoms with Gasteiger partial charge in [-0.05, 0) is 41.4 Å². The van der Waals surface area contributed by atoms with Gasteiger partial charge in [-0.15, -0.1) is 0 Å². The number of benzene rings is 2. The monoisotopic (exact) mass is 358 g/mol. The van der Waals surface area contributed by atoms with Crippen LogP contribution in [0.1, 0.15) is 17.0 Å². The summed E-state index contributed by atoms with van der Waals surface area (Å²) in [5.74, 6) is 0.300. The second-order valence-electron chi connectivity index (χ2n) is 5.35. The van der Waals surface area contributed by atoms with Gasteiger partial charge in [0, 0.05) is 34.5 Å². The average molecular weight is 359 g/mol. The van der Waals surface area contributed by atoms with Crippen LogP contribution in [-0.4, -0.2) is 19.1 Å². The highest BCUT2D eigenvalue weighted by molar-refractivity contribution is 6.34. The Kier molecular flexibility index (Phi) is 5.54. The van der Waals surface area contributed by atoms with Crippen LogP contribution in [0.4, 0.5) is 0 Å². The second kappa shape index (κ2) is 7.82. The quantitative estimate of drug-likeness (QED) is 0.560. The van der Waals surface area contributed by atoms with Crippen molar-refractivity contribution < 1.29 is 0 Å². The minimum atomic E-state index is 0.300. The molecule has 2 aromatic carbocycles. The van der Waals surface area contributed by atoms with Crippen molar-refractivity contribution in [2.45, 2.75) is 18.1 Å². The smallest absolute Gasteiger partial charge is 0.0942 e. The summed E-state index contributed by atoms with van der Waals surface area (Å²) in [5, 5.41) is 1.54. The maximum Gasteiger partial charge on any atom is 0.0942 e. The summed E-state index contributed by atoms with van der Waals surface area (Å²) in [5.41, 5.74) is 2.47. The molecular weight excluding hydrogens is 343 g/mol. The predicted octanol–water partition coefficient (Wildman–Crippen LogP) is 5.10. The molecule has 2 radical (unpaired) electrons. The van der Waals surface area contributed by atoms with E-state index in [0.717, 1.165) is 31.8 Å². The lowest BCUT2D eigenvalue weighted by molar-refractivity contribution is 0.844. The van der Waals surface area contributed by atoms with Gasteiger partial charge in [0.25, 0.3) is 0 Å². The molecule has 0 amide bonds. The molecule has 0 unspecified atom stereocenters. The van der Waals surface area contributed by atoms with E-state index in [1.54, 1.807) is 0 Å². The van der Waals surface area contributed by atoms with Crippen LogP contribution in [0.15, 0.2) is 67.3 Å². The zero-order valence-electron chi connectivity index (χ0n) is 12.5. The first-order chi connectivity index (χ1) is 11.2. The Bertz CT molecular complexity index is 714. The molecule has 5 heteroatoms. The SMILES string of the molecule is Clc1cccc(C(C[Si]Cn2ccnc2)c2cccc(Cl)c2)c1. The van der Waals surface area contributed by atoms with E-state index in [1.165, 1.54) is 11.1 Å². The van der Waals surface area contributed by atoms with Gasteiger partial charge in [-0.25, -0.2) is 4.98 Å². The maximum absolute atomic E-state index is 6.19. The van der Waals surface area contributed by atoms with Crippen molar-refractivity contribution in [2.24, 2.45) is 0 Å². The normalized spacial score (nSPS) is 11.1. The summed E-state index contributed by atoms with van der Waals surface area (Å²) >= 11 is 12.4. The van der Waals surface area contributed by atoms with Gasteiger partial charge in [-0.3, -0.25) is 0 Å². The molecule has 0 saturated heterocycles. The van der Waals surface area contributed by atoms with Gasteiger partial charge in [0.15, 0.2) is 0 Å². The van der Waals surface area contributed by atoms with Crippen molar-refractivity contribution >= 4 is 32.7 Å². The fourth-order valence-electron chi connectivity index (χ4n) is 2.59. The van der Waals surface area contributed by atoms with Crippen molar-refractivity contribution in [1.82, 2.24) is 9.55 Å². The van der Waals surface area contributed by atoms with Crippen LogP contribution in [0, 0.1) is 0 Å². The molecule has 0 aliphatic carbocycles. The summed E-state index contributed by atoms with van der Waals surface area (Å²) < 4.78 is 2.12. The number of halogens is 2. The Morgan fingerprint density at radius 3 is 2.17 bits per heavy atom. The van der Waals surface area contributed by atoms with Crippen LogP contribution in [0.2, 0.25) is 16.1 Å². The van der Waals surface area contributed by atoms with Gasteiger partial charge in [0.05, 0.1) is 15.8 Å². The lowest BCUT2D eigenvalue weighted by atomic mass is 9.93. The Morgan fingerprint density at radius 2 is 1.65 bits per heavy atom. The highest BCUT2D eigenvalue weighted by atomic mass is 35.5. The molecule has 3 rings (SSSR count). The van der Waals surface area contributed by atoms with E-state index in [4.69, 9.17) is 23.2 Å². The molecule has 0 N–H and O–H groups in total. The topological polar surface area (TPSA) is 17.8 Å². The fraction of sp³-hybridized carbons (Fsp3) is 0.167. The molecule has 1 heterocycles. The van der Waals surface area contributed by atoms with Gasteiger partial charge in [0.2, 0.25) is 0 Å². The molecule has 1 aromatic heterocycles. The third kappa shape index (κ3) is 4.47. The molecule has 0 fully saturated rings. The lowest BCUT2D eigenvalue weighted by Crippen LogP contribution is -2.10. The Morgan fingerprint density at radius 1 is 1.00 bits per heavy atom. The van der Waals surface area contributed by atoms with Crippen LogP contribution in [0.25, 0.3) is 0 Å². The minimum Gasteiger partial charge on any atom is -0.341 e. The van der Waals surface area contributed by atoms with Gasteiger partial charge in [0.1, 0.15) is 0 Å². The second-order valence-corrected chi connectivity index (χ2v) is 7.45. The highest BCUT2D eigenvalue weighted by Crippen LogP contribution is 2.31. The van der Waals surface area contributed by atoms with Gasteiger partial charge in [-0.2, -0.15) is 0 Å². The van der Waals surface area contributed by atoms with Crippen LogP contribution in [0.5, 0.6) is 0 Å². The average Bonchev–Trinajstić information content (AvgIpc) is 3.05. The molecule has 116 valence electrons. The Labute approximate surface area is 148 Å². The molecule has 0 atom stereocenters. The van der Waals surface area contributed by atoms with E-state index < -0.39 is 0 Å². The van der Waals surface area contributed by atoms with Gasteiger partial charge in [-0.1, -0.05) is 47.5 Å². The molecule has 0 aliphatic rings. The first-order valence-electron chi connectivity index (χ1n) is 7.40. The molecule has 0 spiro atoms. The fourth-order valence-corrected chi connectivity index (χ4v) is 4.32. The molecule has 3 aromatic rings. The zero-order chi connectivity index (χ0) is 16.1. The summed E-state index contributed by atoms with van der Waals surface area (Å²) in [6, 6.07) is 17.3. The van der Waals surface area contributed by atoms with E-state index in [0.29, 0.717) is 5.92 Å². The number of imidazole rings is 1. The van der Waals surface area contributed by atoms with Crippen LogP contribution < -0.4 is 0 Å². The van der Waals surface area contributed by atoms with E-state index in [-0.39, 0.29) is 0 Å². The van der Waals surface area contributed by atoms with Crippen molar-refractivity contribution in [2.75, 3.05) is 0 Å². The summed E-state index contributed by atoms with van der Waals surface area (Å²) in [7, 11) is 0.788. The van der Waals surface area contributed by atoms with E-state index in [1.807, 2.05) is 43.0 Å². The molecule has 23 heavy (non-hydrogen) atoms. The van der Waals surface area contributed by atoms with E-state index >= 15 is 0 Å². The number of hydrogen-bond donors (Lipinski definition) is 0.